The van der Waals surface area contributed by atoms with Crippen LogP contribution in [0.2, 0.25) is 5.02 Å². The van der Waals surface area contributed by atoms with E-state index in [-0.39, 0.29) is 12.0 Å². The lowest BCUT2D eigenvalue weighted by atomic mass is 10.1. The molecule has 1 aromatic heterocycles. The number of pyridine rings is 1. The number of unbranched alkanes of at least 4 members (excludes halogenated alkanes) is 1. The van der Waals surface area contributed by atoms with Crippen LogP contribution in [0.1, 0.15) is 48.5 Å². The Hall–Kier alpha value is -2.11. The van der Waals surface area contributed by atoms with Crippen molar-refractivity contribution in [2.24, 2.45) is 0 Å². The Morgan fingerprint density at radius 1 is 1.30 bits per heavy atom. The second-order valence-corrected chi connectivity index (χ2v) is 7.10. The molecule has 0 saturated carbocycles. The summed E-state index contributed by atoms with van der Waals surface area (Å²) >= 11 is 6.27. The van der Waals surface area contributed by atoms with Gasteiger partial charge in [0.15, 0.2) is 0 Å². The number of hydrogen-bond donors (Lipinski definition) is 1. The molecular weight excluding hydrogens is 364 g/mol. The van der Waals surface area contributed by atoms with Gasteiger partial charge >= 0.3 is 0 Å². The first-order valence-corrected chi connectivity index (χ1v) is 9.83. The van der Waals surface area contributed by atoms with E-state index in [2.05, 4.69) is 17.2 Å². The molecule has 144 valence electrons. The number of rotatable bonds is 7. The summed E-state index contributed by atoms with van der Waals surface area (Å²) in [5.74, 6) is 0.115. The standard InChI is InChI=1S/C21H25ClN2O3/c1-2-3-4-15-5-7-17(8-6-15)24-20(25)16-13-19(22)21(23-14-16)27-18-9-11-26-12-10-18/h5-8,13-14,18H,2-4,9-12H2,1H3,(H,24,25). The van der Waals surface area contributed by atoms with E-state index >= 15 is 0 Å². The predicted molar refractivity (Wildman–Crippen MR) is 107 cm³/mol. The van der Waals surface area contributed by atoms with Gasteiger partial charge in [0.2, 0.25) is 5.88 Å². The summed E-state index contributed by atoms with van der Waals surface area (Å²) in [6, 6.07) is 9.51. The van der Waals surface area contributed by atoms with Crippen LogP contribution >= 0.6 is 11.6 Å². The number of nitrogens with one attached hydrogen (secondary N) is 1. The molecule has 0 spiro atoms. The van der Waals surface area contributed by atoms with E-state index in [1.54, 1.807) is 6.07 Å². The molecular formula is C21H25ClN2O3. The molecule has 1 aromatic carbocycles. The summed E-state index contributed by atoms with van der Waals surface area (Å²) in [5.41, 5.74) is 2.42. The van der Waals surface area contributed by atoms with Crippen LogP contribution < -0.4 is 10.1 Å². The van der Waals surface area contributed by atoms with Gasteiger partial charge in [-0.2, -0.15) is 0 Å². The largest absolute Gasteiger partial charge is 0.473 e. The highest BCUT2D eigenvalue weighted by molar-refractivity contribution is 6.32. The van der Waals surface area contributed by atoms with Crippen LogP contribution in [-0.4, -0.2) is 30.2 Å². The van der Waals surface area contributed by atoms with Gasteiger partial charge in [0, 0.05) is 24.7 Å². The maximum Gasteiger partial charge on any atom is 0.257 e. The van der Waals surface area contributed by atoms with Crippen LogP contribution in [-0.2, 0) is 11.2 Å². The van der Waals surface area contributed by atoms with Crippen molar-refractivity contribution in [3.8, 4) is 5.88 Å². The van der Waals surface area contributed by atoms with E-state index in [4.69, 9.17) is 21.1 Å². The van der Waals surface area contributed by atoms with Crippen molar-refractivity contribution in [3.05, 3.63) is 52.7 Å². The summed E-state index contributed by atoms with van der Waals surface area (Å²) in [5, 5.41) is 3.21. The molecule has 3 rings (SSSR count). The van der Waals surface area contributed by atoms with Crippen molar-refractivity contribution in [2.45, 2.75) is 45.1 Å². The van der Waals surface area contributed by atoms with E-state index in [0.717, 1.165) is 31.4 Å². The Bertz CT molecular complexity index is 759. The van der Waals surface area contributed by atoms with E-state index in [1.165, 1.54) is 18.2 Å². The van der Waals surface area contributed by atoms with E-state index < -0.39 is 0 Å². The minimum atomic E-state index is -0.247. The third kappa shape index (κ3) is 5.68. The molecule has 27 heavy (non-hydrogen) atoms. The van der Waals surface area contributed by atoms with Gasteiger partial charge < -0.3 is 14.8 Å². The van der Waals surface area contributed by atoms with Crippen molar-refractivity contribution in [1.82, 2.24) is 4.98 Å². The Kier molecular flexibility index (Phi) is 7.07. The molecule has 1 fully saturated rings. The third-order valence-electron chi connectivity index (χ3n) is 4.55. The molecule has 6 heteroatoms. The molecule has 5 nitrogen and oxygen atoms in total. The van der Waals surface area contributed by atoms with Gasteiger partial charge in [-0.15, -0.1) is 0 Å². The monoisotopic (exact) mass is 388 g/mol. The number of carbonyl (C=O) groups excluding carboxylic acids is 1. The Labute approximate surface area is 165 Å². The molecule has 2 heterocycles. The number of hydrogen-bond acceptors (Lipinski definition) is 4. The smallest absolute Gasteiger partial charge is 0.257 e. The number of anilines is 1. The fourth-order valence-electron chi connectivity index (χ4n) is 2.93. The molecule has 1 aliphatic heterocycles. The van der Waals surface area contributed by atoms with Crippen molar-refractivity contribution in [1.29, 1.82) is 0 Å². The maximum atomic E-state index is 12.5. The number of ether oxygens (including phenoxy) is 2. The third-order valence-corrected chi connectivity index (χ3v) is 4.82. The van der Waals surface area contributed by atoms with E-state index in [9.17, 15) is 4.79 Å². The van der Waals surface area contributed by atoms with Crippen LogP contribution in [0.25, 0.3) is 0 Å². The Balaban J connectivity index is 1.60. The van der Waals surface area contributed by atoms with Gasteiger partial charge in [-0.1, -0.05) is 37.1 Å². The summed E-state index contributed by atoms with van der Waals surface area (Å²) < 4.78 is 11.1. The lowest BCUT2D eigenvalue weighted by Gasteiger charge is -2.23. The van der Waals surface area contributed by atoms with Crippen molar-refractivity contribution < 1.29 is 14.3 Å². The first-order valence-electron chi connectivity index (χ1n) is 9.46. The maximum absolute atomic E-state index is 12.5. The number of nitrogens with zero attached hydrogens (tertiary/aromatic N) is 1. The van der Waals surface area contributed by atoms with Crippen molar-refractivity contribution in [3.63, 3.8) is 0 Å². The van der Waals surface area contributed by atoms with Crippen LogP contribution in [0.15, 0.2) is 36.5 Å². The predicted octanol–water partition coefficient (Wildman–Crippen LogP) is 4.89. The molecule has 1 amide bonds. The number of halogens is 1. The quantitative estimate of drug-likeness (QED) is 0.733. The topological polar surface area (TPSA) is 60.5 Å². The Morgan fingerprint density at radius 2 is 2.04 bits per heavy atom. The van der Waals surface area contributed by atoms with Gasteiger partial charge in [0.05, 0.1) is 18.8 Å². The fourth-order valence-corrected chi connectivity index (χ4v) is 3.14. The number of aryl methyl sites for hydroxylation is 1. The van der Waals surface area contributed by atoms with Crippen LogP contribution in [0, 0.1) is 0 Å². The zero-order chi connectivity index (χ0) is 19.1. The number of benzene rings is 1. The minimum Gasteiger partial charge on any atom is -0.473 e. The van der Waals surface area contributed by atoms with Gasteiger partial charge in [-0.25, -0.2) is 4.98 Å². The fraction of sp³-hybridized carbons (Fsp3) is 0.429. The molecule has 0 aliphatic carbocycles. The van der Waals surface area contributed by atoms with Gasteiger partial charge in [0.1, 0.15) is 11.1 Å². The van der Waals surface area contributed by atoms with Gasteiger partial charge in [-0.3, -0.25) is 4.79 Å². The van der Waals surface area contributed by atoms with Crippen molar-refractivity contribution in [2.75, 3.05) is 18.5 Å². The normalized spacial score (nSPS) is 14.7. The molecule has 1 saturated heterocycles. The first-order chi connectivity index (χ1) is 13.2. The average Bonchev–Trinajstić information content (AvgIpc) is 2.70. The minimum absolute atomic E-state index is 0.0506. The molecule has 1 N–H and O–H groups in total. The summed E-state index contributed by atoms with van der Waals surface area (Å²) in [7, 11) is 0. The molecule has 0 radical (unpaired) electrons. The van der Waals surface area contributed by atoms with Gasteiger partial charge in [0.25, 0.3) is 5.91 Å². The van der Waals surface area contributed by atoms with Crippen LogP contribution in [0.3, 0.4) is 0 Å². The SMILES string of the molecule is CCCCc1ccc(NC(=O)c2cnc(OC3CCOCC3)c(Cl)c2)cc1. The highest BCUT2D eigenvalue weighted by atomic mass is 35.5. The lowest BCUT2D eigenvalue weighted by molar-refractivity contribution is 0.0238. The van der Waals surface area contributed by atoms with E-state index in [1.807, 2.05) is 24.3 Å². The summed E-state index contributed by atoms with van der Waals surface area (Å²) in [4.78, 5) is 16.7. The van der Waals surface area contributed by atoms with E-state index in [0.29, 0.717) is 29.7 Å². The number of aromatic nitrogens is 1. The second kappa shape index (κ2) is 9.72. The zero-order valence-electron chi connectivity index (χ0n) is 15.5. The average molecular weight is 389 g/mol. The molecule has 0 bridgehead atoms. The summed E-state index contributed by atoms with van der Waals surface area (Å²) in [6.45, 7) is 3.54. The Morgan fingerprint density at radius 3 is 2.70 bits per heavy atom. The zero-order valence-corrected chi connectivity index (χ0v) is 16.3. The lowest BCUT2D eigenvalue weighted by Crippen LogP contribution is -2.26. The second-order valence-electron chi connectivity index (χ2n) is 6.70. The molecule has 0 unspecified atom stereocenters. The summed E-state index contributed by atoms with van der Waals surface area (Å²) in [6.07, 6.45) is 6.56. The molecule has 1 aliphatic rings. The highest BCUT2D eigenvalue weighted by Gasteiger charge is 2.18. The van der Waals surface area contributed by atoms with Crippen molar-refractivity contribution >= 4 is 23.2 Å². The number of carbonyl (C=O) groups is 1. The van der Waals surface area contributed by atoms with Gasteiger partial charge in [-0.05, 0) is 36.6 Å². The highest BCUT2D eigenvalue weighted by Crippen LogP contribution is 2.26. The number of amides is 1. The first kappa shape index (κ1) is 19.6. The van der Waals surface area contributed by atoms with Crippen LogP contribution in [0.4, 0.5) is 5.69 Å². The molecule has 2 aromatic rings. The van der Waals surface area contributed by atoms with Crippen LogP contribution in [0.5, 0.6) is 5.88 Å². The molecule has 0 atom stereocenters.